The number of hydrogen-bond acceptors (Lipinski definition) is 3. The lowest BCUT2D eigenvalue weighted by atomic mass is 9.92. The van der Waals surface area contributed by atoms with E-state index < -0.39 is 0 Å². The summed E-state index contributed by atoms with van der Waals surface area (Å²) < 4.78 is 0. The van der Waals surface area contributed by atoms with Gasteiger partial charge in [-0.05, 0) is 55.8 Å². The van der Waals surface area contributed by atoms with E-state index in [1.807, 2.05) is 6.20 Å². The molecule has 19 heavy (non-hydrogen) atoms. The van der Waals surface area contributed by atoms with Gasteiger partial charge < -0.3 is 10.6 Å². The fourth-order valence-corrected chi connectivity index (χ4v) is 3.37. The van der Waals surface area contributed by atoms with Gasteiger partial charge in [-0.3, -0.25) is 0 Å². The third kappa shape index (κ3) is 3.47. The number of aromatic nitrogens is 1. The lowest BCUT2D eigenvalue weighted by molar-refractivity contribution is 0.458. The summed E-state index contributed by atoms with van der Waals surface area (Å²) in [7, 11) is 0. The first-order valence-corrected chi connectivity index (χ1v) is 7.85. The fourth-order valence-electron chi connectivity index (χ4n) is 3.37. The molecule has 1 saturated carbocycles. The van der Waals surface area contributed by atoms with Crippen LogP contribution >= 0.6 is 0 Å². The van der Waals surface area contributed by atoms with Crippen LogP contribution in [0.2, 0.25) is 0 Å². The highest BCUT2D eigenvalue weighted by molar-refractivity contribution is 5.40. The molecule has 0 radical (unpaired) electrons. The summed E-state index contributed by atoms with van der Waals surface area (Å²) in [5.41, 5.74) is 1.44. The Morgan fingerprint density at radius 3 is 2.79 bits per heavy atom. The van der Waals surface area contributed by atoms with Crippen molar-refractivity contribution in [3.8, 4) is 0 Å². The van der Waals surface area contributed by atoms with E-state index in [4.69, 9.17) is 0 Å². The number of nitrogens with zero attached hydrogens (tertiary/aromatic N) is 1. The minimum absolute atomic E-state index is 0.640. The van der Waals surface area contributed by atoms with Crippen molar-refractivity contribution in [1.29, 1.82) is 0 Å². The Labute approximate surface area is 116 Å². The molecule has 2 heterocycles. The second-order valence-corrected chi connectivity index (χ2v) is 6.00. The molecule has 0 bridgehead atoms. The molecule has 0 aromatic carbocycles. The van der Waals surface area contributed by atoms with Crippen molar-refractivity contribution in [2.45, 2.75) is 56.9 Å². The van der Waals surface area contributed by atoms with Crippen LogP contribution in [0.3, 0.4) is 0 Å². The molecule has 0 spiro atoms. The highest BCUT2D eigenvalue weighted by Crippen LogP contribution is 2.26. The minimum Gasteiger partial charge on any atom is -0.367 e. The molecule has 0 unspecified atom stereocenters. The van der Waals surface area contributed by atoms with Crippen molar-refractivity contribution in [2.24, 2.45) is 0 Å². The van der Waals surface area contributed by atoms with E-state index in [9.17, 15) is 0 Å². The number of hydrogen-bond donors (Lipinski definition) is 2. The predicted molar refractivity (Wildman–Crippen MR) is 79.6 cm³/mol. The van der Waals surface area contributed by atoms with E-state index in [1.54, 1.807) is 0 Å². The summed E-state index contributed by atoms with van der Waals surface area (Å²) >= 11 is 0. The summed E-state index contributed by atoms with van der Waals surface area (Å²) in [6.45, 7) is 2.29. The topological polar surface area (TPSA) is 37.0 Å². The largest absolute Gasteiger partial charge is 0.367 e. The van der Waals surface area contributed by atoms with Crippen LogP contribution in [0.5, 0.6) is 0 Å². The van der Waals surface area contributed by atoms with Gasteiger partial charge in [-0.25, -0.2) is 4.98 Å². The van der Waals surface area contributed by atoms with Crippen LogP contribution in [-0.4, -0.2) is 24.1 Å². The van der Waals surface area contributed by atoms with E-state index in [0.717, 1.165) is 12.4 Å². The quantitative estimate of drug-likeness (QED) is 0.874. The minimum atomic E-state index is 0.640. The van der Waals surface area contributed by atoms with Gasteiger partial charge in [-0.1, -0.05) is 19.3 Å². The second-order valence-electron chi connectivity index (χ2n) is 6.00. The molecular weight excluding hydrogens is 234 g/mol. The summed E-state index contributed by atoms with van der Waals surface area (Å²) in [5.74, 6) is 1.75. The summed E-state index contributed by atoms with van der Waals surface area (Å²) in [6, 6.07) is 5.09. The van der Waals surface area contributed by atoms with Gasteiger partial charge in [0.2, 0.25) is 0 Å². The first kappa shape index (κ1) is 12.9. The van der Waals surface area contributed by atoms with Gasteiger partial charge in [0.25, 0.3) is 0 Å². The third-order valence-electron chi connectivity index (χ3n) is 4.51. The molecule has 104 valence electrons. The number of piperidine rings is 1. The monoisotopic (exact) mass is 259 g/mol. The van der Waals surface area contributed by atoms with E-state index >= 15 is 0 Å². The van der Waals surface area contributed by atoms with Gasteiger partial charge in [0.05, 0.1) is 0 Å². The smallest absolute Gasteiger partial charge is 0.126 e. The molecule has 1 aliphatic heterocycles. The Morgan fingerprint density at radius 2 is 2.00 bits per heavy atom. The van der Waals surface area contributed by atoms with E-state index in [0.29, 0.717) is 12.0 Å². The highest BCUT2D eigenvalue weighted by Gasteiger charge is 2.17. The normalized spacial score (nSPS) is 25.2. The van der Waals surface area contributed by atoms with Gasteiger partial charge in [0.15, 0.2) is 0 Å². The molecule has 1 aromatic rings. The van der Waals surface area contributed by atoms with E-state index in [1.165, 1.54) is 57.1 Å². The average molecular weight is 259 g/mol. The Hall–Kier alpha value is -1.09. The number of nitrogens with one attached hydrogen (secondary N) is 2. The zero-order valence-electron chi connectivity index (χ0n) is 11.7. The van der Waals surface area contributed by atoms with E-state index in [-0.39, 0.29) is 0 Å². The maximum absolute atomic E-state index is 4.50. The van der Waals surface area contributed by atoms with Crippen molar-refractivity contribution in [3.63, 3.8) is 0 Å². The Balaban J connectivity index is 1.64. The van der Waals surface area contributed by atoms with Crippen molar-refractivity contribution >= 4 is 5.82 Å². The van der Waals surface area contributed by atoms with Crippen molar-refractivity contribution in [3.05, 3.63) is 23.9 Å². The lowest BCUT2D eigenvalue weighted by Crippen LogP contribution is -2.28. The molecular formula is C16H25N3. The maximum Gasteiger partial charge on any atom is 0.126 e. The third-order valence-corrected chi connectivity index (χ3v) is 4.51. The number of pyridine rings is 1. The van der Waals surface area contributed by atoms with Gasteiger partial charge >= 0.3 is 0 Å². The first-order chi connectivity index (χ1) is 9.42. The van der Waals surface area contributed by atoms with Gasteiger partial charge in [0, 0.05) is 18.8 Å². The Kier molecular flexibility index (Phi) is 4.34. The molecule has 3 heteroatoms. The Bertz CT molecular complexity index is 393. The Morgan fingerprint density at radius 1 is 1.11 bits per heavy atom. The molecule has 1 aliphatic carbocycles. The molecule has 2 fully saturated rings. The molecule has 3 rings (SSSR count). The molecule has 0 amide bonds. The molecule has 1 aromatic heterocycles. The van der Waals surface area contributed by atoms with Crippen LogP contribution < -0.4 is 10.6 Å². The average Bonchev–Trinajstić information content (AvgIpc) is 2.49. The van der Waals surface area contributed by atoms with Crippen LogP contribution in [0.1, 0.15) is 56.4 Å². The zero-order chi connectivity index (χ0) is 12.9. The summed E-state index contributed by atoms with van der Waals surface area (Å²) in [5, 5.41) is 7.12. The molecule has 1 atom stereocenters. The van der Waals surface area contributed by atoms with Crippen LogP contribution in [0, 0.1) is 0 Å². The van der Waals surface area contributed by atoms with Crippen LogP contribution in [0.15, 0.2) is 18.3 Å². The highest BCUT2D eigenvalue weighted by atomic mass is 15.0. The molecule has 3 nitrogen and oxygen atoms in total. The second kappa shape index (κ2) is 6.38. The fraction of sp³-hybridized carbons (Fsp3) is 0.688. The lowest BCUT2D eigenvalue weighted by Gasteiger charge is -2.25. The van der Waals surface area contributed by atoms with Crippen LogP contribution in [0.4, 0.5) is 5.82 Å². The first-order valence-electron chi connectivity index (χ1n) is 7.85. The molecule has 1 saturated heterocycles. The van der Waals surface area contributed by atoms with Gasteiger partial charge in [0.1, 0.15) is 5.82 Å². The van der Waals surface area contributed by atoms with Crippen LogP contribution in [0.25, 0.3) is 0 Å². The van der Waals surface area contributed by atoms with Crippen molar-refractivity contribution < 1.29 is 0 Å². The standard InChI is InChI=1S/C16H25N3/c1-2-6-15(7-3-1)19-16-11-13(8-10-18-16)14-5-4-9-17-12-14/h8,10-11,14-15,17H,1-7,9,12H2,(H,18,19)/t14-/m0/s1. The number of anilines is 1. The maximum atomic E-state index is 4.50. The van der Waals surface area contributed by atoms with Crippen molar-refractivity contribution in [1.82, 2.24) is 10.3 Å². The molecule has 2 aliphatic rings. The summed E-state index contributed by atoms with van der Waals surface area (Å²) in [6.07, 6.45) is 11.3. The van der Waals surface area contributed by atoms with Gasteiger partial charge in [-0.15, -0.1) is 0 Å². The SMILES string of the molecule is c1cc([C@H]2CCCNC2)cc(NC2CCCCC2)n1. The summed E-state index contributed by atoms with van der Waals surface area (Å²) in [4.78, 5) is 4.50. The number of rotatable bonds is 3. The molecule has 2 N–H and O–H groups in total. The van der Waals surface area contributed by atoms with Crippen molar-refractivity contribution in [2.75, 3.05) is 18.4 Å². The van der Waals surface area contributed by atoms with E-state index in [2.05, 4.69) is 27.8 Å². The predicted octanol–water partition coefficient (Wildman–Crippen LogP) is 3.29. The van der Waals surface area contributed by atoms with Crippen LogP contribution in [-0.2, 0) is 0 Å². The zero-order valence-corrected chi connectivity index (χ0v) is 11.7. The van der Waals surface area contributed by atoms with Gasteiger partial charge in [-0.2, -0.15) is 0 Å².